The highest BCUT2D eigenvalue weighted by Crippen LogP contribution is 2.28. The number of carbonyl (C=O) groups excluding carboxylic acids is 2. The molecule has 4 aromatic carbocycles. The highest BCUT2D eigenvalue weighted by atomic mass is 79.9. The monoisotopic (exact) mass is 667 g/mol. The Kier molecular flexibility index (Phi) is 11.4. The van der Waals surface area contributed by atoms with Crippen LogP contribution >= 0.6 is 39.1 Å². The van der Waals surface area contributed by atoms with Crippen LogP contribution in [0.3, 0.4) is 0 Å². The van der Waals surface area contributed by atoms with Crippen molar-refractivity contribution in [2.24, 2.45) is 5.10 Å². The molecule has 0 aliphatic rings. The predicted molar refractivity (Wildman–Crippen MR) is 169 cm³/mol. The Labute approximate surface area is 263 Å². The number of amides is 2. The van der Waals surface area contributed by atoms with E-state index in [9.17, 15) is 9.59 Å². The minimum Gasteiger partial charge on any atom is -0.488 e. The van der Waals surface area contributed by atoms with E-state index in [0.29, 0.717) is 28.7 Å². The molecule has 0 heterocycles. The molecule has 216 valence electrons. The van der Waals surface area contributed by atoms with Crippen molar-refractivity contribution < 1.29 is 19.1 Å². The molecule has 10 heteroatoms. The van der Waals surface area contributed by atoms with Gasteiger partial charge in [-0.25, -0.2) is 5.43 Å². The first-order chi connectivity index (χ1) is 20.3. The van der Waals surface area contributed by atoms with Gasteiger partial charge in [0.2, 0.25) is 0 Å². The molecule has 0 aliphatic carbocycles. The van der Waals surface area contributed by atoms with Crippen molar-refractivity contribution in [1.29, 1.82) is 0 Å². The molecule has 0 spiro atoms. The number of benzene rings is 4. The fourth-order valence-corrected chi connectivity index (χ4v) is 4.58. The summed E-state index contributed by atoms with van der Waals surface area (Å²) in [7, 11) is 0. The molecule has 0 aliphatic heterocycles. The van der Waals surface area contributed by atoms with Crippen LogP contribution in [0.5, 0.6) is 11.5 Å². The van der Waals surface area contributed by atoms with Gasteiger partial charge in [0.25, 0.3) is 11.8 Å². The number of nitrogens with one attached hydrogen (secondary N) is 2. The molecule has 42 heavy (non-hydrogen) atoms. The van der Waals surface area contributed by atoms with Gasteiger partial charge in [0, 0.05) is 21.5 Å². The van der Waals surface area contributed by atoms with Crippen LogP contribution in [-0.4, -0.2) is 30.2 Å². The first-order valence-electron chi connectivity index (χ1n) is 13.0. The summed E-state index contributed by atoms with van der Waals surface area (Å²) in [5.74, 6) is -0.0704. The van der Waals surface area contributed by atoms with Crippen molar-refractivity contribution in [2.45, 2.75) is 32.1 Å². The van der Waals surface area contributed by atoms with E-state index < -0.39 is 24.0 Å². The fraction of sp³-hybridized carbons (Fsp3) is 0.156. The molecule has 2 amide bonds. The molecule has 2 N–H and O–H groups in total. The molecule has 0 fully saturated rings. The fourth-order valence-electron chi connectivity index (χ4n) is 3.87. The maximum atomic E-state index is 13.2. The molecule has 0 aromatic heterocycles. The Morgan fingerprint density at radius 2 is 1.60 bits per heavy atom. The van der Waals surface area contributed by atoms with Crippen LogP contribution in [0.25, 0.3) is 0 Å². The number of ether oxygens (including phenoxy) is 2. The number of hydrogen-bond acceptors (Lipinski definition) is 5. The Balaban J connectivity index is 1.41. The summed E-state index contributed by atoms with van der Waals surface area (Å²) in [6.45, 7) is 1.94. The molecule has 0 saturated heterocycles. The van der Waals surface area contributed by atoms with E-state index in [4.69, 9.17) is 32.7 Å². The summed E-state index contributed by atoms with van der Waals surface area (Å²) < 4.78 is 12.7. The molecule has 2 atom stereocenters. The van der Waals surface area contributed by atoms with Gasteiger partial charge in [0.05, 0.1) is 11.2 Å². The smallest absolute Gasteiger partial charge is 0.262 e. The first-order valence-corrected chi connectivity index (χ1v) is 14.6. The molecule has 4 aromatic rings. The lowest BCUT2D eigenvalue weighted by Crippen LogP contribution is -2.50. The average Bonchev–Trinajstić information content (AvgIpc) is 2.99. The normalized spacial score (nSPS) is 12.4. The topological polar surface area (TPSA) is 89.0 Å². The van der Waals surface area contributed by atoms with E-state index in [2.05, 4.69) is 31.8 Å². The summed E-state index contributed by atoms with van der Waals surface area (Å²) >= 11 is 15.6. The van der Waals surface area contributed by atoms with Crippen molar-refractivity contribution in [3.05, 3.63) is 128 Å². The third kappa shape index (κ3) is 9.34. The number of hydrogen-bond donors (Lipinski definition) is 2. The summed E-state index contributed by atoms with van der Waals surface area (Å²) in [5.41, 5.74) is 5.10. The molecular formula is C32H28BrCl2N3O4. The highest BCUT2D eigenvalue weighted by Gasteiger charge is 2.25. The van der Waals surface area contributed by atoms with Crippen LogP contribution in [0.1, 0.15) is 23.6 Å². The first kappa shape index (κ1) is 31.1. The van der Waals surface area contributed by atoms with Crippen LogP contribution in [0.2, 0.25) is 10.0 Å². The van der Waals surface area contributed by atoms with Crippen molar-refractivity contribution in [2.75, 3.05) is 0 Å². The van der Waals surface area contributed by atoms with Crippen molar-refractivity contribution >= 4 is 57.2 Å². The zero-order chi connectivity index (χ0) is 29.9. The van der Waals surface area contributed by atoms with Crippen LogP contribution in [0.4, 0.5) is 0 Å². The summed E-state index contributed by atoms with van der Waals surface area (Å²) in [6.07, 6.45) is 0.813. The SMILES string of the molecule is C[C@@H](Oc1ccc(Cl)cc1Cl)C(=O)N[C@H](Cc1ccccc1)C(=O)N/N=C\c1ccccc1OCc1ccc(Br)cc1. The van der Waals surface area contributed by atoms with E-state index in [1.165, 1.54) is 12.3 Å². The largest absolute Gasteiger partial charge is 0.488 e. The van der Waals surface area contributed by atoms with Crippen LogP contribution in [0, 0.1) is 0 Å². The number of halogens is 3. The van der Waals surface area contributed by atoms with Crippen molar-refractivity contribution in [3.63, 3.8) is 0 Å². The number of rotatable bonds is 12. The standard InChI is InChI=1S/C32H28BrCl2N3O4/c1-21(42-30-16-15-26(34)18-27(30)35)31(39)37-28(17-22-7-3-2-4-8-22)32(40)38-36-19-24-9-5-6-10-29(24)41-20-23-11-13-25(33)14-12-23/h2-16,18-19,21,28H,17,20H2,1H3,(H,37,39)(H,38,40)/b36-19-/t21-,28-/m1/s1. The third-order valence-electron chi connectivity index (χ3n) is 6.09. The Bertz CT molecular complexity index is 1530. The minimum absolute atomic E-state index is 0.245. The molecule has 0 bridgehead atoms. The lowest BCUT2D eigenvalue weighted by molar-refractivity contribution is -0.132. The number of para-hydroxylation sites is 1. The van der Waals surface area contributed by atoms with E-state index in [-0.39, 0.29) is 11.4 Å². The zero-order valence-electron chi connectivity index (χ0n) is 22.6. The van der Waals surface area contributed by atoms with E-state index >= 15 is 0 Å². The van der Waals surface area contributed by atoms with E-state index in [1.807, 2.05) is 78.9 Å². The Morgan fingerprint density at radius 3 is 2.33 bits per heavy atom. The molecule has 0 saturated carbocycles. The second-order valence-corrected chi connectivity index (χ2v) is 11.0. The lowest BCUT2D eigenvalue weighted by atomic mass is 10.1. The van der Waals surface area contributed by atoms with Gasteiger partial charge in [-0.05, 0) is 60.5 Å². The summed E-state index contributed by atoms with van der Waals surface area (Å²) in [4.78, 5) is 26.3. The Morgan fingerprint density at radius 1 is 0.881 bits per heavy atom. The van der Waals surface area contributed by atoms with Crippen LogP contribution in [0.15, 0.2) is 107 Å². The number of hydrazone groups is 1. The molecule has 0 radical (unpaired) electrons. The molecule has 7 nitrogen and oxygen atoms in total. The van der Waals surface area contributed by atoms with E-state index in [0.717, 1.165) is 15.6 Å². The van der Waals surface area contributed by atoms with Crippen LogP contribution in [-0.2, 0) is 22.6 Å². The number of nitrogens with zero attached hydrogens (tertiary/aromatic N) is 1. The van der Waals surface area contributed by atoms with Crippen molar-refractivity contribution in [1.82, 2.24) is 10.7 Å². The lowest BCUT2D eigenvalue weighted by Gasteiger charge is -2.21. The highest BCUT2D eigenvalue weighted by molar-refractivity contribution is 9.10. The van der Waals surface area contributed by atoms with Crippen LogP contribution < -0.4 is 20.2 Å². The second-order valence-electron chi connectivity index (χ2n) is 9.27. The van der Waals surface area contributed by atoms with Gasteiger partial charge in [-0.1, -0.05) is 93.7 Å². The molecule has 4 rings (SSSR count). The quantitative estimate of drug-likeness (QED) is 0.126. The van der Waals surface area contributed by atoms with Crippen molar-refractivity contribution in [3.8, 4) is 11.5 Å². The maximum absolute atomic E-state index is 13.2. The van der Waals surface area contributed by atoms with Gasteiger partial charge in [-0.2, -0.15) is 5.10 Å². The van der Waals surface area contributed by atoms with Gasteiger partial charge in [0.15, 0.2) is 6.10 Å². The van der Waals surface area contributed by atoms with Gasteiger partial charge in [-0.15, -0.1) is 0 Å². The third-order valence-corrected chi connectivity index (χ3v) is 7.15. The van der Waals surface area contributed by atoms with Gasteiger partial charge in [0.1, 0.15) is 24.1 Å². The van der Waals surface area contributed by atoms with Gasteiger partial charge < -0.3 is 14.8 Å². The predicted octanol–water partition coefficient (Wildman–Crippen LogP) is 6.98. The molecular weight excluding hydrogens is 641 g/mol. The Hall–Kier alpha value is -3.85. The maximum Gasteiger partial charge on any atom is 0.262 e. The summed E-state index contributed by atoms with van der Waals surface area (Å²) in [5, 5.41) is 7.64. The summed E-state index contributed by atoms with van der Waals surface area (Å²) in [6, 6.07) is 28.4. The van der Waals surface area contributed by atoms with Gasteiger partial charge >= 0.3 is 0 Å². The second kappa shape index (κ2) is 15.4. The molecule has 0 unspecified atom stereocenters. The zero-order valence-corrected chi connectivity index (χ0v) is 25.7. The van der Waals surface area contributed by atoms with E-state index in [1.54, 1.807) is 19.1 Å². The average molecular weight is 669 g/mol. The minimum atomic E-state index is -0.937. The number of carbonyl (C=O) groups is 2. The van der Waals surface area contributed by atoms with Gasteiger partial charge in [-0.3, -0.25) is 9.59 Å².